The van der Waals surface area contributed by atoms with Gasteiger partial charge in [-0.05, 0) is 63.1 Å². The third-order valence-electron chi connectivity index (χ3n) is 6.46. The summed E-state index contributed by atoms with van der Waals surface area (Å²) in [6, 6.07) is 15.7. The fourth-order valence-electron chi connectivity index (χ4n) is 3.99. The summed E-state index contributed by atoms with van der Waals surface area (Å²) in [4.78, 5) is 28.8. The number of amides is 2. The monoisotopic (exact) mass is 505 g/mol. The number of nitrogens with zero attached hydrogens (tertiary/aromatic N) is 4. The first-order chi connectivity index (χ1) is 17.6. The zero-order valence-corrected chi connectivity index (χ0v) is 21.2. The second-order valence-electron chi connectivity index (χ2n) is 9.58. The minimum Gasteiger partial charge on any atom is -0.349 e. The molecule has 1 heterocycles. The SMILES string of the molecule is CCC(C)(C)NC(=O)[C@@H](c1ccccc1F)N(C(=O)Cn1nnc2ccccc21)c1ccc(C)c(F)c1. The maximum atomic E-state index is 15.2. The minimum absolute atomic E-state index is 0.00955. The van der Waals surface area contributed by atoms with Gasteiger partial charge in [-0.25, -0.2) is 13.5 Å². The van der Waals surface area contributed by atoms with Crippen molar-refractivity contribution < 1.29 is 18.4 Å². The summed E-state index contributed by atoms with van der Waals surface area (Å²) >= 11 is 0. The molecule has 1 N–H and O–H groups in total. The molecule has 4 aromatic rings. The number of para-hydroxylation sites is 1. The molecule has 0 saturated carbocycles. The maximum Gasteiger partial charge on any atom is 0.249 e. The molecule has 4 rings (SSSR count). The lowest BCUT2D eigenvalue weighted by Crippen LogP contribution is -2.51. The Kier molecular flexibility index (Phi) is 7.33. The standard InChI is InChI=1S/C28H29F2N5O2/c1-5-28(3,4)31-27(37)26(20-10-6-7-11-21(20)29)35(19-15-14-18(2)22(30)16-19)25(36)17-34-24-13-9-8-12-23(24)32-33-34/h6-16,26H,5,17H2,1-4H3,(H,31,37)/t26-/m1/s1. The number of benzene rings is 3. The molecule has 1 aromatic heterocycles. The third kappa shape index (κ3) is 5.50. The number of carbonyl (C=O) groups excluding carboxylic acids is 2. The minimum atomic E-state index is -1.41. The summed E-state index contributed by atoms with van der Waals surface area (Å²) in [6.45, 7) is 6.88. The van der Waals surface area contributed by atoms with E-state index in [0.717, 1.165) is 4.90 Å². The Morgan fingerprint density at radius 1 is 1.03 bits per heavy atom. The topological polar surface area (TPSA) is 80.1 Å². The molecule has 0 bridgehead atoms. The van der Waals surface area contributed by atoms with E-state index in [9.17, 15) is 14.0 Å². The molecule has 37 heavy (non-hydrogen) atoms. The van der Waals surface area contributed by atoms with Gasteiger partial charge in [-0.3, -0.25) is 14.5 Å². The number of aryl methyl sites for hydroxylation is 1. The first-order valence-corrected chi connectivity index (χ1v) is 12.0. The van der Waals surface area contributed by atoms with Gasteiger partial charge in [0.1, 0.15) is 29.7 Å². The Morgan fingerprint density at radius 3 is 2.43 bits per heavy atom. The molecule has 0 radical (unpaired) electrons. The molecule has 0 spiro atoms. The van der Waals surface area contributed by atoms with Gasteiger partial charge in [0.2, 0.25) is 11.8 Å². The van der Waals surface area contributed by atoms with Crippen LogP contribution < -0.4 is 10.2 Å². The average molecular weight is 506 g/mol. The van der Waals surface area contributed by atoms with Crippen molar-refractivity contribution in [3.05, 3.63) is 89.5 Å². The predicted molar refractivity (Wildman–Crippen MR) is 138 cm³/mol. The van der Waals surface area contributed by atoms with Crippen LogP contribution in [-0.2, 0) is 16.1 Å². The fraction of sp³-hybridized carbons (Fsp3) is 0.286. The second kappa shape index (κ2) is 10.5. The normalized spacial score (nSPS) is 12.4. The van der Waals surface area contributed by atoms with Crippen LogP contribution in [0.5, 0.6) is 0 Å². The Labute approximate surface area is 214 Å². The van der Waals surface area contributed by atoms with Gasteiger partial charge < -0.3 is 5.32 Å². The average Bonchev–Trinajstić information content (AvgIpc) is 3.27. The molecule has 0 fully saturated rings. The number of carbonyl (C=O) groups is 2. The highest BCUT2D eigenvalue weighted by molar-refractivity contribution is 6.01. The first-order valence-electron chi connectivity index (χ1n) is 12.0. The van der Waals surface area contributed by atoms with E-state index in [4.69, 9.17) is 0 Å². The largest absolute Gasteiger partial charge is 0.349 e. The van der Waals surface area contributed by atoms with Crippen molar-refractivity contribution in [3.8, 4) is 0 Å². The number of hydrogen-bond acceptors (Lipinski definition) is 4. The molecule has 0 aliphatic heterocycles. The summed E-state index contributed by atoms with van der Waals surface area (Å²) in [5, 5.41) is 11.1. The zero-order valence-electron chi connectivity index (χ0n) is 21.2. The van der Waals surface area contributed by atoms with Crippen LogP contribution in [0.15, 0.2) is 66.7 Å². The molecular weight excluding hydrogens is 476 g/mol. The van der Waals surface area contributed by atoms with Crippen LogP contribution >= 0.6 is 0 Å². The van der Waals surface area contributed by atoms with Crippen LogP contribution in [0.4, 0.5) is 14.5 Å². The van der Waals surface area contributed by atoms with E-state index >= 15 is 4.39 Å². The van der Waals surface area contributed by atoms with Crippen LogP contribution in [0.25, 0.3) is 11.0 Å². The lowest BCUT2D eigenvalue weighted by atomic mass is 9.97. The summed E-state index contributed by atoms with van der Waals surface area (Å²) in [5.41, 5.74) is 1.06. The number of aromatic nitrogens is 3. The van der Waals surface area contributed by atoms with Crippen LogP contribution in [0, 0.1) is 18.6 Å². The Balaban J connectivity index is 1.86. The van der Waals surface area contributed by atoms with E-state index in [2.05, 4.69) is 15.6 Å². The van der Waals surface area contributed by atoms with Gasteiger partial charge in [0, 0.05) is 16.8 Å². The van der Waals surface area contributed by atoms with Gasteiger partial charge in [-0.15, -0.1) is 5.10 Å². The summed E-state index contributed by atoms with van der Waals surface area (Å²) < 4.78 is 31.3. The van der Waals surface area contributed by atoms with Crippen molar-refractivity contribution in [1.29, 1.82) is 0 Å². The van der Waals surface area contributed by atoms with Crippen LogP contribution in [0.1, 0.15) is 44.4 Å². The van der Waals surface area contributed by atoms with Crippen molar-refractivity contribution in [3.63, 3.8) is 0 Å². The van der Waals surface area contributed by atoms with Gasteiger partial charge in [0.25, 0.3) is 0 Å². The smallest absolute Gasteiger partial charge is 0.249 e. The van der Waals surface area contributed by atoms with Crippen molar-refractivity contribution in [2.75, 3.05) is 4.90 Å². The molecule has 192 valence electrons. The van der Waals surface area contributed by atoms with Crippen molar-refractivity contribution in [2.24, 2.45) is 0 Å². The van der Waals surface area contributed by atoms with E-state index in [1.54, 1.807) is 43.3 Å². The molecule has 0 saturated heterocycles. The number of fused-ring (bicyclic) bond motifs is 1. The van der Waals surface area contributed by atoms with E-state index < -0.39 is 35.0 Å². The van der Waals surface area contributed by atoms with Crippen molar-refractivity contribution in [1.82, 2.24) is 20.3 Å². The quantitative estimate of drug-likeness (QED) is 0.362. The number of halogens is 2. The Hall–Kier alpha value is -4.14. The van der Waals surface area contributed by atoms with Crippen LogP contribution in [-0.4, -0.2) is 32.3 Å². The molecule has 0 unspecified atom stereocenters. The van der Waals surface area contributed by atoms with E-state index in [-0.39, 0.29) is 17.8 Å². The lowest BCUT2D eigenvalue weighted by Gasteiger charge is -2.34. The molecule has 2 amide bonds. The van der Waals surface area contributed by atoms with Gasteiger partial charge in [0.15, 0.2) is 0 Å². The number of hydrogen-bond donors (Lipinski definition) is 1. The Morgan fingerprint density at radius 2 is 1.73 bits per heavy atom. The van der Waals surface area contributed by atoms with E-state index in [0.29, 0.717) is 23.0 Å². The predicted octanol–water partition coefficient (Wildman–Crippen LogP) is 5.10. The van der Waals surface area contributed by atoms with Gasteiger partial charge in [-0.2, -0.15) is 0 Å². The highest BCUT2D eigenvalue weighted by Crippen LogP contribution is 2.32. The van der Waals surface area contributed by atoms with Crippen molar-refractivity contribution >= 4 is 28.5 Å². The highest BCUT2D eigenvalue weighted by atomic mass is 19.1. The Bertz CT molecular complexity index is 1450. The van der Waals surface area contributed by atoms with Crippen LogP contribution in [0.3, 0.4) is 0 Å². The number of anilines is 1. The van der Waals surface area contributed by atoms with E-state index in [1.807, 2.05) is 20.8 Å². The maximum absolute atomic E-state index is 15.2. The molecule has 0 aliphatic carbocycles. The molecule has 0 aliphatic rings. The fourth-order valence-corrected chi connectivity index (χ4v) is 3.99. The lowest BCUT2D eigenvalue weighted by molar-refractivity contribution is -0.128. The van der Waals surface area contributed by atoms with Crippen molar-refractivity contribution in [2.45, 2.75) is 52.2 Å². The second-order valence-corrected chi connectivity index (χ2v) is 9.58. The summed E-state index contributed by atoms with van der Waals surface area (Å²) in [6.07, 6.45) is 0.598. The number of nitrogens with one attached hydrogen (secondary N) is 1. The summed E-state index contributed by atoms with van der Waals surface area (Å²) in [7, 11) is 0. The highest BCUT2D eigenvalue weighted by Gasteiger charge is 2.37. The number of rotatable bonds is 8. The molecule has 7 nitrogen and oxygen atoms in total. The summed E-state index contributed by atoms with van der Waals surface area (Å²) in [5.74, 6) is -2.39. The van der Waals surface area contributed by atoms with Crippen LogP contribution in [0.2, 0.25) is 0 Å². The molecule has 9 heteroatoms. The van der Waals surface area contributed by atoms with Gasteiger partial charge in [-0.1, -0.05) is 48.5 Å². The van der Waals surface area contributed by atoms with E-state index in [1.165, 1.54) is 35.0 Å². The molecular formula is C28H29F2N5O2. The van der Waals surface area contributed by atoms with Gasteiger partial charge in [0.05, 0.1) is 5.52 Å². The van der Waals surface area contributed by atoms with Gasteiger partial charge >= 0.3 is 0 Å². The first kappa shape index (κ1) is 25.9. The zero-order chi connectivity index (χ0) is 26.7. The molecule has 3 aromatic carbocycles. The third-order valence-corrected chi connectivity index (χ3v) is 6.46. The molecule has 1 atom stereocenters.